The zero-order chi connectivity index (χ0) is 30.3. The number of aromatic amines is 1. The van der Waals surface area contributed by atoms with Crippen molar-refractivity contribution in [2.24, 2.45) is 0 Å². The number of fused-ring (bicyclic) bond motifs is 1. The van der Waals surface area contributed by atoms with Gasteiger partial charge in [0.25, 0.3) is 5.56 Å². The molecule has 2 aromatic heterocycles. The number of benzene rings is 3. The average molecular weight is 598 g/mol. The van der Waals surface area contributed by atoms with Gasteiger partial charge < -0.3 is 24.3 Å². The standard InChI is InChI=1S/C33H32FN5O5/c1-41-31-29(43-17-5-14-39-15-18-42-19-16-39)11-9-24-27(12-13-35-30(24)31)44-28-10-8-22(20-26(28)34)25-21-36-33(38-32(25)40)37-23-6-3-2-4-7-23/h2-4,6-13,20-21H,5,14-19H2,1H3,(H2,36,37,38,40). The molecule has 0 bridgehead atoms. The lowest BCUT2D eigenvalue weighted by Gasteiger charge is -2.26. The number of hydrogen-bond donors (Lipinski definition) is 2. The molecule has 1 saturated heterocycles. The van der Waals surface area contributed by atoms with E-state index in [1.807, 2.05) is 36.4 Å². The van der Waals surface area contributed by atoms with Gasteiger partial charge in [0.1, 0.15) is 11.3 Å². The van der Waals surface area contributed by atoms with Gasteiger partial charge in [0.05, 0.1) is 32.5 Å². The monoisotopic (exact) mass is 597 g/mol. The quantitative estimate of drug-likeness (QED) is 0.183. The van der Waals surface area contributed by atoms with Crippen LogP contribution >= 0.6 is 0 Å². The Morgan fingerprint density at radius 1 is 1.00 bits per heavy atom. The predicted molar refractivity (Wildman–Crippen MR) is 166 cm³/mol. The molecule has 0 radical (unpaired) electrons. The number of pyridine rings is 1. The van der Waals surface area contributed by atoms with Gasteiger partial charge in [0, 0.05) is 43.1 Å². The highest BCUT2D eigenvalue weighted by Crippen LogP contribution is 2.39. The van der Waals surface area contributed by atoms with Gasteiger partial charge in [-0.2, -0.15) is 0 Å². The molecule has 44 heavy (non-hydrogen) atoms. The smallest absolute Gasteiger partial charge is 0.260 e. The maximum absolute atomic E-state index is 15.3. The molecule has 0 spiro atoms. The summed E-state index contributed by atoms with van der Waals surface area (Å²) in [6.07, 6.45) is 3.85. The van der Waals surface area contributed by atoms with Crippen LogP contribution in [0.5, 0.6) is 23.0 Å². The van der Waals surface area contributed by atoms with Crippen molar-refractivity contribution in [1.82, 2.24) is 19.9 Å². The van der Waals surface area contributed by atoms with E-state index in [2.05, 4.69) is 25.2 Å². The van der Waals surface area contributed by atoms with E-state index in [1.54, 1.807) is 31.5 Å². The van der Waals surface area contributed by atoms with Crippen LogP contribution in [0, 0.1) is 5.82 Å². The molecule has 0 aliphatic carbocycles. The summed E-state index contributed by atoms with van der Waals surface area (Å²) in [6, 6.07) is 19.0. The van der Waals surface area contributed by atoms with Crippen LogP contribution in [-0.4, -0.2) is 66.4 Å². The molecule has 3 aromatic carbocycles. The lowest BCUT2D eigenvalue weighted by atomic mass is 10.1. The number of ether oxygens (including phenoxy) is 4. The summed E-state index contributed by atoms with van der Waals surface area (Å²) in [5, 5.41) is 3.67. The highest BCUT2D eigenvalue weighted by Gasteiger charge is 2.17. The molecule has 6 rings (SSSR count). The third kappa shape index (κ3) is 6.64. The molecular weight excluding hydrogens is 565 g/mol. The van der Waals surface area contributed by atoms with Gasteiger partial charge in [0.2, 0.25) is 5.95 Å². The Kier molecular flexibility index (Phi) is 8.95. The van der Waals surface area contributed by atoms with Crippen molar-refractivity contribution in [3.8, 4) is 34.1 Å². The second-order valence-electron chi connectivity index (χ2n) is 10.2. The van der Waals surface area contributed by atoms with E-state index in [0.717, 1.165) is 45.0 Å². The van der Waals surface area contributed by atoms with Gasteiger partial charge >= 0.3 is 0 Å². The third-order valence-electron chi connectivity index (χ3n) is 7.27. The molecule has 1 fully saturated rings. The van der Waals surface area contributed by atoms with Gasteiger partial charge in [-0.25, -0.2) is 9.37 Å². The summed E-state index contributed by atoms with van der Waals surface area (Å²) >= 11 is 0. The van der Waals surface area contributed by atoms with Crippen molar-refractivity contribution in [2.75, 3.05) is 51.9 Å². The molecule has 0 atom stereocenters. The van der Waals surface area contributed by atoms with Gasteiger partial charge in [-0.3, -0.25) is 19.7 Å². The maximum atomic E-state index is 15.3. The molecule has 0 amide bonds. The van der Waals surface area contributed by atoms with Gasteiger partial charge in [-0.05, 0) is 54.4 Å². The number of H-pyrrole nitrogens is 1. The van der Waals surface area contributed by atoms with Crippen LogP contribution in [0.4, 0.5) is 16.0 Å². The molecule has 2 N–H and O–H groups in total. The van der Waals surface area contributed by atoms with Crippen molar-refractivity contribution in [3.05, 3.63) is 95.3 Å². The molecular formula is C33H32FN5O5. The van der Waals surface area contributed by atoms with Crippen LogP contribution in [0.2, 0.25) is 0 Å². The van der Waals surface area contributed by atoms with E-state index in [-0.39, 0.29) is 17.3 Å². The van der Waals surface area contributed by atoms with Crippen molar-refractivity contribution >= 4 is 22.5 Å². The van der Waals surface area contributed by atoms with Gasteiger partial charge in [-0.15, -0.1) is 0 Å². The Morgan fingerprint density at radius 2 is 1.82 bits per heavy atom. The molecule has 1 aliphatic rings. The fourth-order valence-electron chi connectivity index (χ4n) is 5.04. The Labute approximate surface area is 253 Å². The van der Waals surface area contributed by atoms with E-state index in [9.17, 15) is 4.79 Å². The number of anilines is 2. The number of hydrogen-bond acceptors (Lipinski definition) is 9. The fourth-order valence-corrected chi connectivity index (χ4v) is 5.04. The Balaban J connectivity index is 1.16. The largest absolute Gasteiger partial charge is 0.491 e. The maximum Gasteiger partial charge on any atom is 0.260 e. The molecule has 10 nitrogen and oxygen atoms in total. The summed E-state index contributed by atoms with van der Waals surface area (Å²) in [5.74, 6) is 1.10. The number of halogens is 1. The van der Waals surface area contributed by atoms with Gasteiger partial charge in [-0.1, -0.05) is 24.3 Å². The average Bonchev–Trinajstić information content (AvgIpc) is 3.05. The van der Waals surface area contributed by atoms with E-state index in [1.165, 1.54) is 18.3 Å². The molecule has 5 aromatic rings. The van der Waals surface area contributed by atoms with E-state index < -0.39 is 11.4 Å². The number of nitrogens with zero attached hydrogens (tertiary/aromatic N) is 3. The topological polar surface area (TPSA) is 111 Å². The van der Waals surface area contributed by atoms with E-state index in [4.69, 9.17) is 18.9 Å². The molecule has 1 aliphatic heterocycles. The fraction of sp³-hybridized carbons (Fsp3) is 0.242. The number of methoxy groups -OCH3 is 1. The van der Waals surface area contributed by atoms with Crippen molar-refractivity contribution in [2.45, 2.75) is 6.42 Å². The van der Waals surface area contributed by atoms with Crippen molar-refractivity contribution < 1.29 is 23.3 Å². The Bertz CT molecular complexity index is 1790. The summed E-state index contributed by atoms with van der Waals surface area (Å²) in [4.78, 5) is 26.6. The summed E-state index contributed by atoms with van der Waals surface area (Å²) in [7, 11) is 1.56. The summed E-state index contributed by atoms with van der Waals surface area (Å²) in [5.41, 5.74) is 1.50. The molecule has 0 saturated carbocycles. The van der Waals surface area contributed by atoms with Gasteiger partial charge in [0.15, 0.2) is 23.1 Å². The first-order valence-electron chi connectivity index (χ1n) is 14.4. The second-order valence-corrected chi connectivity index (χ2v) is 10.2. The number of morpholine rings is 1. The number of rotatable bonds is 11. The van der Waals surface area contributed by atoms with Crippen LogP contribution in [0.3, 0.4) is 0 Å². The lowest BCUT2D eigenvalue weighted by molar-refractivity contribution is 0.0357. The highest BCUT2D eigenvalue weighted by molar-refractivity contribution is 5.92. The minimum absolute atomic E-state index is 0.00425. The van der Waals surface area contributed by atoms with Crippen molar-refractivity contribution in [1.29, 1.82) is 0 Å². The van der Waals surface area contributed by atoms with Crippen LogP contribution in [0.15, 0.2) is 83.9 Å². The summed E-state index contributed by atoms with van der Waals surface area (Å²) in [6.45, 7) is 4.86. The SMILES string of the molecule is COc1c(OCCCN2CCOCC2)ccc2c(Oc3ccc(-c4cnc(Nc5ccccc5)[nH]c4=O)cc3F)ccnc12. The number of para-hydroxylation sites is 1. The van der Waals surface area contributed by atoms with Crippen LogP contribution in [0.1, 0.15) is 6.42 Å². The predicted octanol–water partition coefficient (Wildman–Crippen LogP) is 5.77. The molecule has 3 heterocycles. The first-order valence-corrected chi connectivity index (χ1v) is 14.4. The van der Waals surface area contributed by atoms with Crippen LogP contribution in [-0.2, 0) is 4.74 Å². The number of nitrogens with one attached hydrogen (secondary N) is 2. The number of aromatic nitrogens is 3. The van der Waals surface area contributed by atoms with Crippen molar-refractivity contribution in [3.63, 3.8) is 0 Å². The molecule has 0 unspecified atom stereocenters. The van der Waals surface area contributed by atoms with E-state index >= 15 is 4.39 Å². The Hall–Kier alpha value is -5.00. The molecule has 226 valence electrons. The summed E-state index contributed by atoms with van der Waals surface area (Å²) < 4.78 is 38.4. The first kappa shape index (κ1) is 29.1. The van der Waals surface area contributed by atoms with E-state index in [0.29, 0.717) is 40.3 Å². The normalized spacial score (nSPS) is 13.5. The minimum atomic E-state index is -0.634. The van der Waals surface area contributed by atoms with Crippen LogP contribution < -0.4 is 25.1 Å². The zero-order valence-electron chi connectivity index (χ0n) is 24.2. The third-order valence-corrected chi connectivity index (χ3v) is 7.27. The molecule has 11 heteroatoms. The lowest BCUT2D eigenvalue weighted by Crippen LogP contribution is -2.37. The zero-order valence-corrected chi connectivity index (χ0v) is 24.2. The Morgan fingerprint density at radius 3 is 2.59 bits per heavy atom. The minimum Gasteiger partial charge on any atom is -0.491 e. The highest BCUT2D eigenvalue weighted by atomic mass is 19.1. The first-order chi connectivity index (χ1) is 21.6. The second kappa shape index (κ2) is 13.5. The van der Waals surface area contributed by atoms with Crippen LogP contribution in [0.25, 0.3) is 22.0 Å².